The Bertz CT molecular complexity index is 697. The van der Waals surface area contributed by atoms with Crippen LogP contribution in [0, 0.1) is 0 Å². The van der Waals surface area contributed by atoms with Crippen LogP contribution in [-0.2, 0) is 20.0 Å². The number of hydrogen-bond donors (Lipinski definition) is 0. The Hall–Kier alpha value is -1.45. The van der Waals surface area contributed by atoms with Gasteiger partial charge in [0.25, 0.3) is 0 Å². The molecule has 0 spiro atoms. The van der Waals surface area contributed by atoms with Crippen molar-refractivity contribution in [2.24, 2.45) is 4.99 Å². The average molecular weight is 417 g/mol. The summed E-state index contributed by atoms with van der Waals surface area (Å²) in [5, 5.41) is 0. The third-order valence-corrected chi connectivity index (χ3v) is 4.97. The molecule has 0 amide bonds. The molecule has 1 unspecified atom stereocenters. The SMILES string of the molecule is CCC=C[N+]1(C)C=CN=C1.O=S(=O)([N-]S(=O)(=O)C(F)(F)F)C(F)(F)F. The molecule has 0 radical (unpaired) electrons. The zero-order valence-electron chi connectivity index (χ0n) is 12.7. The number of halogens is 6. The molecule has 7 nitrogen and oxygen atoms in total. The van der Waals surface area contributed by atoms with Crippen LogP contribution in [-0.4, -0.2) is 45.7 Å². The first-order valence-electron chi connectivity index (χ1n) is 6.09. The van der Waals surface area contributed by atoms with E-state index in [-0.39, 0.29) is 0 Å². The molecule has 0 aromatic heterocycles. The fourth-order valence-electron chi connectivity index (χ4n) is 1.04. The maximum absolute atomic E-state index is 11.4. The Kier molecular flexibility index (Phi) is 7.38. The molecule has 0 aromatic rings. The average Bonchev–Trinajstić information content (AvgIpc) is 2.81. The van der Waals surface area contributed by atoms with Crippen LogP contribution in [0.5, 0.6) is 0 Å². The van der Waals surface area contributed by atoms with Gasteiger partial charge in [-0.05, 0) is 12.5 Å². The number of hydrogen-bond acceptors (Lipinski definition) is 5. The summed E-state index contributed by atoms with van der Waals surface area (Å²) in [5.41, 5.74) is -12.4. The van der Waals surface area contributed by atoms with Crippen LogP contribution in [0.15, 0.2) is 29.7 Å². The first-order chi connectivity index (χ1) is 11.0. The first-order valence-corrected chi connectivity index (χ1v) is 8.97. The van der Waals surface area contributed by atoms with Gasteiger partial charge in [0.1, 0.15) is 12.4 Å². The van der Waals surface area contributed by atoms with Crippen molar-refractivity contribution in [3.05, 3.63) is 28.8 Å². The molecule has 0 N–H and O–H groups in total. The van der Waals surface area contributed by atoms with Crippen molar-refractivity contribution in [3.63, 3.8) is 0 Å². The lowest BCUT2D eigenvalue weighted by atomic mass is 10.4. The van der Waals surface area contributed by atoms with E-state index >= 15 is 0 Å². The summed E-state index contributed by atoms with van der Waals surface area (Å²) < 4.78 is 110. The van der Waals surface area contributed by atoms with E-state index in [1.54, 1.807) is 0 Å². The second-order valence-corrected chi connectivity index (χ2v) is 7.92. The molecule has 0 saturated carbocycles. The van der Waals surface area contributed by atoms with Crippen molar-refractivity contribution in [3.8, 4) is 0 Å². The second-order valence-electron chi connectivity index (χ2n) is 4.49. The van der Waals surface area contributed by atoms with E-state index in [9.17, 15) is 43.2 Å². The molecule has 0 saturated heterocycles. The summed E-state index contributed by atoms with van der Waals surface area (Å²) in [6.07, 6.45) is 11.1. The van der Waals surface area contributed by atoms with E-state index in [1.807, 2.05) is 18.7 Å². The topological polar surface area (TPSA) is 94.7 Å². The van der Waals surface area contributed by atoms with Crippen molar-refractivity contribution in [1.82, 2.24) is 0 Å². The highest BCUT2D eigenvalue weighted by Gasteiger charge is 2.46. The lowest BCUT2D eigenvalue weighted by molar-refractivity contribution is -0.696. The van der Waals surface area contributed by atoms with Crippen LogP contribution in [0.4, 0.5) is 26.3 Å². The van der Waals surface area contributed by atoms with Crippen molar-refractivity contribution < 1.29 is 47.7 Å². The highest BCUT2D eigenvalue weighted by molar-refractivity contribution is 8.13. The lowest BCUT2D eigenvalue weighted by Gasteiger charge is -2.22. The fraction of sp³-hybridized carbons (Fsp3) is 0.500. The molecule has 1 aliphatic rings. The molecule has 25 heavy (non-hydrogen) atoms. The normalized spacial score (nSPS) is 21.4. The van der Waals surface area contributed by atoms with Crippen LogP contribution in [0.1, 0.15) is 13.3 Å². The minimum atomic E-state index is -6.72. The highest BCUT2D eigenvalue weighted by atomic mass is 32.3. The fourth-order valence-corrected chi connectivity index (χ4v) is 2.75. The third kappa shape index (κ3) is 7.13. The zero-order chi connectivity index (χ0) is 20.2. The lowest BCUT2D eigenvalue weighted by Crippen LogP contribution is -2.30. The molecular formula is C10H13F6N3O4S2. The first kappa shape index (κ1) is 23.5. The zero-order valence-corrected chi connectivity index (χ0v) is 14.3. The van der Waals surface area contributed by atoms with E-state index in [4.69, 9.17) is 0 Å². The molecule has 0 aromatic carbocycles. The number of sulfonamides is 2. The monoisotopic (exact) mass is 417 g/mol. The quantitative estimate of drug-likeness (QED) is 0.519. The van der Waals surface area contributed by atoms with Gasteiger partial charge >= 0.3 is 11.0 Å². The van der Waals surface area contributed by atoms with Gasteiger partial charge in [-0.1, -0.05) is 6.92 Å². The molecule has 0 bridgehead atoms. The summed E-state index contributed by atoms with van der Waals surface area (Å²) >= 11 is 0. The van der Waals surface area contributed by atoms with Crippen LogP contribution in [0.2, 0.25) is 0 Å². The standard InChI is InChI=1S/C8H13N2.C2F6NO4S2/c1-3-4-6-10(2)7-5-9-8-10;3-1(4,5)14(10,11)9-15(12,13)2(6,7)8/h4-8H,3H2,1-2H3;/q+1;-1. The number of quaternary nitrogens is 1. The molecule has 0 fully saturated rings. The molecule has 0 aliphatic carbocycles. The van der Waals surface area contributed by atoms with E-state index in [2.05, 4.69) is 31.2 Å². The second kappa shape index (κ2) is 7.84. The molecule has 15 heteroatoms. The summed E-state index contributed by atoms with van der Waals surface area (Å²) in [7, 11) is -11.4. The van der Waals surface area contributed by atoms with Crippen LogP contribution < -0.4 is 0 Å². The number of alkyl halides is 6. The Labute approximate surface area is 140 Å². The van der Waals surface area contributed by atoms with Gasteiger partial charge in [0.05, 0.1) is 13.2 Å². The van der Waals surface area contributed by atoms with E-state index < -0.39 is 31.1 Å². The van der Waals surface area contributed by atoms with Gasteiger partial charge in [0.2, 0.25) is 0 Å². The Balaban J connectivity index is 0.000000496. The van der Waals surface area contributed by atoms with Gasteiger partial charge in [-0.15, -0.1) is 0 Å². The van der Waals surface area contributed by atoms with Crippen LogP contribution >= 0.6 is 0 Å². The number of aliphatic imine (C=N–C) groups is 1. The van der Waals surface area contributed by atoms with E-state index in [0.29, 0.717) is 4.48 Å². The minimum Gasteiger partial charge on any atom is -0.421 e. The maximum atomic E-state index is 11.4. The van der Waals surface area contributed by atoms with Gasteiger partial charge in [-0.3, -0.25) is 0 Å². The summed E-state index contributed by atoms with van der Waals surface area (Å²) in [5.74, 6) is 0. The summed E-state index contributed by atoms with van der Waals surface area (Å²) in [6, 6.07) is 0. The number of nitrogens with zero attached hydrogens (tertiary/aromatic N) is 3. The third-order valence-electron chi connectivity index (χ3n) is 2.23. The van der Waals surface area contributed by atoms with Gasteiger partial charge in [-0.2, -0.15) is 26.3 Å². The van der Waals surface area contributed by atoms with E-state index in [1.165, 1.54) is 0 Å². The Morgan fingerprint density at radius 2 is 1.48 bits per heavy atom. The van der Waals surface area contributed by atoms with Gasteiger partial charge in [0.15, 0.2) is 26.4 Å². The molecule has 146 valence electrons. The maximum Gasteiger partial charge on any atom is 0.480 e. The van der Waals surface area contributed by atoms with Crippen LogP contribution in [0.25, 0.3) is 4.13 Å². The van der Waals surface area contributed by atoms with Crippen molar-refractivity contribution in [2.45, 2.75) is 24.4 Å². The van der Waals surface area contributed by atoms with E-state index in [0.717, 1.165) is 10.5 Å². The summed E-state index contributed by atoms with van der Waals surface area (Å²) in [6.45, 7) is 2.12. The predicted octanol–water partition coefficient (Wildman–Crippen LogP) is 2.93. The van der Waals surface area contributed by atoms with Crippen molar-refractivity contribution >= 4 is 26.4 Å². The minimum absolute atomic E-state index is 0.702. The van der Waals surface area contributed by atoms with Crippen LogP contribution in [0.3, 0.4) is 0 Å². The summed E-state index contributed by atoms with van der Waals surface area (Å²) in [4.78, 5) is 4.00. The van der Waals surface area contributed by atoms with Gasteiger partial charge in [-0.25, -0.2) is 26.3 Å². The van der Waals surface area contributed by atoms with Crippen molar-refractivity contribution in [1.29, 1.82) is 0 Å². The number of rotatable bonds is 4. The van der Waals surface area contributed by atoms with Gasteiger partial charge < -0.3 is 4.13 Å². The highest BCUT2D eigenvalue weighted by Crippen LogP contribution is 2.36. The molecule has 1 atom stereocenters. The number of allylic oxidation sites excluding steroid dienone is 1. The largest absolute Gasteiger partial charge is 0.480 e. The molecule has 1 aliphatic heterocycles. The predicted molar refractivity (Wildman–Crippen MR) is 76.6 cm³/mol. The van der Waals surface area contributed by atoms with Gasteiger partial charge in [0, 0.05) is 0 Å². The molecule has 1 rings (SSSR count). The Morgan fingerprint density at radius 3 is 1.76 bits per heavy atom. The van der Waals surface area contributed by atoms with Crippen molar-refractivity contribution in [2.75, 3.05) is 7.05 Å². The Morgan fingerprint density at radius 1 is 1.04 bits per heavy atom. The smallest absolute Gasteiger partial charge is 0.421 e. The molecule has 1 heterocycles. The molecular weight excluding hydrogens is 404 g/mol.